The van der Waals surface area contributed by atoms with Gasteiger partial charge in [-0.05, 0) is 19.8 Å². The van der Waals surface area contributed by atoms with Gasteiger partial charge in [-0.2, -0.15) is 35.9 Å². The van der Waals surface area contributed by atoms with Gasteiger partial charge in [-0.15, -0.1) is 53.8 Å². The standard InChI is InChI=1S/C13H9.C11H12P.Ti/c1-3-7-12-10(5-1)9-11-6-2-4-8-13(11)12;1-12(2)11-7-9-5-3-4-6-10(9)8-11;/h1-5,7-8H,9H2;3-8H,1-2H3;/q2*-1;+2. The Labute approximate surface area is 172 Å². The molecule has 4 aromatic rings. The van der Waals surface area contributed by atoms with Gasteiger partial charge in [-0.25, -0.2) is 0 Å². The minimum atomic E-state index is 0. The summed E-state index contributed by atoms with van der Waals surface area (Å²) < 4.78 is 0. The maximum absolute atomic E-state index is 3.30. The number of benzene rings is 3. The fourth-order valence-corrected chi connectivity index (χ4v) is 4.18. The molecule has 0 spiro atoms. The average molecular weight is 388 g/mol. The molecule has 0 atom stereocenters. The predicted octanol–water partition coefficient (Wildman–Crippen LogP) is 5.98. The Kier molecular flexibility index (Phi) is 6.20. The molecule has 1 aliphatic carbocycles. The molecule has 0 saturated carbocycles. The van der Waals surface area contributed by atoms with Crippen molar-refractivity contribution in [3.8, 4) is 11.1 Å². The van der Waals surface area contributed by atoms with E-state index in [4.69, 9.17) is 0 Å². The van der Waals surface area contributed by atoms with Gasteiger partial charge in [-0.3, -0.25) is 0 Å². The number of rotatable bonds is 1. The molecule has 0 saturated heterocycles. The smallest absolute Gasteiger partial charge is 0.179 e. The van der Waals surface area contributed by atoms with Crippen LogP contribution in [0.15, 0.2) is 78.9 Å². The molecule has 0 nitrogen and oxygen atoms in total. The molecule has 0 amide bonds. The summed E-state index contributed by atoms with van der Waals surface area (Å²) in [6.45, 7) is 4.59. The van der Waals surface area contributed by atoms with Gasteiger partial charge in [0.25, 0.3) is 0 Å². The molecule has 0 unspecified atom stereocenters. The Morgan fingerprint density at radius 2 is 1.62 bits per heavy atom. The van der Waals surface area contributed by atoms with Gasteiger partial charge in [-0.1, -0.05) is 41.5 Å². The SMILES string of the molecule is CP(C)c1cc2ccccc2[cH-]1.[Ti+2].[c-]1cccc2c1Cc1ccccc1-2. The van der Waals surface area contributed by atoms with E-state index in [1.807, 2.05) is 6.07 Å². The molecule has 5 rings (SSSR count). The first-order valence-electron chi connectivity index (χ1n) is 8.63. The van der Waals surface area contributed by atoms with E-state index in [1.165, 1.54) is 38.3 Å². The van der Waals surface area contributed by atoms with E-state index in [-0.39, 0.29) is 29.6 Å². The van der Waals surface area contributed by atoms with E-state index in [1.54, 1.807) is 0 Å². The van der Waals surface area contributed by atoms with Crippen LogP contribution < -0.4 is 5.30 Å². The van der Waals surface area contributed by atoms with E-state index < -0.39 is 0 Å². The van der Waals surface area contributed by atoms with Gasteiger partial charge in [0.05, 0.1) is 0 Å². The van der Waals surface area contributed by atoms with Gasteiger partial charge >= 0.3 is 21.7 Å². The average Bonchev–Trinajstić information content (AvgIpc) is 3.24. The van der Waals surface area contributed by atoms with Crippen LogP contribution in [-0.2, 0) is 28.1 Å². The van der Waals surface area contributed by atoms with Crippen molar-refractivity contribution in [2.24, 2.45) is 0 Å². The molecule has 0 N–H and O–H groups in total. The fourth-order valence-electron chi connectivity index (χ4n) is 3.39. The minimum Gasteiger partial charge on any atom is -0.179 e. The van der Waals surface area contributed by atoms with Gasteiger partial charge in [0.15, 0.2) is 0 Å². The molecule has 0 fully saturated rings. The maximum Gasteiger partial charge on any atom is 2.00 e. The normalized spacial score (nSPS) is 11.3. The first kappa shape index (κ1) is 19.2. The maximum atomic E-state index is 3.30. The summed E-state index contributed by atoms with van der Waals surface area (Å²) in [7, 11) is 0.0576. The van der Waals surface area contributed by atoms with Crippen molar-refractivity contribution >= 4 is 24.0 Å². The van der Waals surface area contributed by atoms with Gasteiger partial charge in [0.2, 0.25) is 0 Å². The van der Waals surface area contributed by atoms with Gasteiger partial charge in [0, 0.05) is 0 Å². The molecule has 0 aromatic heterocycles. The van der Waals surface area contributed by atoms with Crippen molar-refractivity contribution in [2.45, 2.75) is 6.42 Å². The molecular formula is C24H21PTi. The van der Waals surface area contributed by atoms with Crippen LogP contribution in [0.2, 0.25) is 0 Å². The second-order valence-corrected chi connectivity index (χ2v) is 8.94. The number of fused-ring (bicyclic) bond motifs is 4. The molecule has 0 radical (unpaired) electrons. The van der Waals surface area contributed by atoms with E-state index in [2.05, 4.69) is 92.2 Å². The van der Waals surface area contributed by atoms with E-state index in [9.17, 15) is 0 Å². The van der Waals surface area contributed by atoms with Crippen LogP contribution in [0.25, 0.3) is 21.9 Å². The first-order valence-corrected chi connectivity index (χ1v) is 10.9. The zero-order chi connectivity index (χ0) is 17.2. The molecule has 126 valence electrons. The van der Waals surface area contributed by atoms with Gasteiger partial charge in [0.1, 0.15) is 0 Å². The first-order chi connectivity index (χ1) is 12.2. The molecule has 26 heavy (non-hydrogen) atoms. The van der Waals surface area contributed by atoms with E-state index >= 15 is 0 Å². The third-order valence-electron chi connectivity index (χ3n) is 4.74. The Balaban J connectivity index is 0.000000146. The summed E-state index contributed by atoms with van der Waals surface area (Å²) in [6, 6.07) is 31.3. The second-order valence-electron chi connectivity index (χ2n) is 6.63. The van der Waals surface area contributed by atoms with Crippen LogP contribution in [0.3, 0.4) is 0 Å². The van der Waals surface area contributed by atoms with Crippen LogP contribution in [0, 0.1) is 6.07 Å². The zero-order valence-electron chi connectivity index (χ0n) is 15.2. The molecule has 0 bridgehead atoms. The Hall–Kier alpha value is -1.59. The molecule has 4 aromatic carbocycles. The van der Waals surface area contributed by atoms with Crippen molar-refractivity contribution in [2.75, 3.05) is 13.3 Å². The van der Waals surface area contributed by atoms with Crippen molar-refractivity contribution in [1.29, 1.82) is 0 Å². The largest absolute Gasteiger partial charge is 2.00 e. The second kappa shape index (κ2) is 8.40. The molecule has 0 heterocycles. The molecule has 0 aliphatic heterocycles. The van der Waals surface area contributed by atoms with E-state index in [0.29, 0.717) is 0 Å². The third kappa shape index (κ3) is 3.89. The molecule has 2 heteroatoms. The fraction of sp³-hybridized carbons (Fsp3) is 0.125. The van der Waals surface area contributed by atoms with Crippen LogP contribution >= 0.6 is 7.92 Å². The summed E-state index contributed by atoms with van der Waals surface area (Å²) >= 11 is 0. The van der Waals surface area contributed by atoms with Crippen molar-refractivity contribution in [3.05, 3.63) is 96.1 Å². The third-order valence-corrected chi connectivity index (χ3v) is 6.03. The van der Waals surface area contributed by atoms with Crippen molar-refractivity contribution in [3.63, 3.8) is 0 Å². The summed E-state index contributed by atoms with van der Waals surface area (Å²) in [5, 5.41) is 4.26. The Morgan fingerprint density at radius 1 is 0.885 bits per heavy atom. The summed E-state index contributed by atoms with van der Waals surface area (Å²) in [6.07, 6.45) is 1.05. The van der Waals surface area contributed by atoms with Crippen molar-refractivity contribution in [1.82, 2.24) is 0 Å². The Morgan fingerprint density at radius 3 is 2.42 bits per heavy atom. The topological polar surface area (TPSA) is 0 Å². The van der Waals surface area contributed by atoms with Crippen LogP contribution in [0.5, 0.6) is 0 Å². The van der Waals surface area contributed by atoms with Crippen molar-refractivity contribution < 1.29 is 21.7 Å². The van der Waals surface area contributed by atoms with Crippen LogP contribution in [0.1, 0.15) is 11.1 Å². The Bertz CT molecular complexity index is 937. The summed E-state index contributed by atoms with van der Waals surface area (Å²) in [5.41, 5.74) is 5.51. The number of hydrogen-bond donors (Lipinski definition) is 0. The molecular weight excluding hydrogens is 367 g/mol. The summed E-state index contributed by atoms with van der Waals surface area (Å²) in [4.78, 5) is 0. The van der Waals surface area contributed by atoms with Crippen LogP contribution in [-0.4, -0.2) is 13.3 Å². The quantitative estimate of drug-likeness (QED) is 0.188. The zero-order valence-corrected chi connectivity index (χ0v) is 17.6. The predicted molar refractivity (Wildman–Crippen MR) is 111 cm³/mol. The molecule has 1 aliphatic rings. The van der Waals surface area contributed by atoms with E-state index in [0.717, 1.165) is 6.42 Å². The minimum absolute atomic E-state index is 0. The number of hydrogen-bond acceptors (Lipinski definition) is 0. The monoisotopic (exact) mass is 388 g/mol. The van der Waals surface area contributed by atoms with Crippen LogP contribution in [0.4, 0.5) is 0 Å². The summed E-state index contributed by atoms with van der Waals surface area (Å²) in [5.74, 6) is 0. The van der Waals surface area contributed by atoms with Gasteiger partial charge < -0.3 is 0 Å².